The number of aromatic nitrogens is 4. The van der Waals surface area contributed by atoms with Crippen LogP contribution in [0.1, 0.15) is 30.2 Å². The molecule has 124 valence electrons. The molecular weight excluding hydrogens is 296 g/mol. The number of carbonyl (C=O) groups is 1. The van der Waals surface area contributed by atoms with Gasteiger partial charge in [0.2, 0.25) is 11.8 Å². The minimum absolute atomic E-state index is 0.0838. The highest BCUT2D eigenvalue weighted by atomic mass is 16.5. The summed E-state index contributed by atoms with van der Waals surface area (Å²) in [5.41, 5.74) is 0.747. The van der Waals surface area contributed by atoms with Crippen molar-refractivity contribution in [3.63, 3.8) is 0 Å². The van der Waals surface area contributed by atoms with Crippen LogP contribution in [0.2, 0.25) is 0 Å². The normalized spacial score (nSPS) is 18.5. The molecule has 1 fully saturated rings. The van der Waals surface area contributed by atoms with Gasteiger partial charge in [0.15, 0.2) is 0 Å². The van der Waals surface area contributed by atoms with Crippen molar-refractivity contribution < 1.29 is 9.32 Å². The number of nitrogens with zero attached hydrogens (tertiary/aromatic N) is 5. The van der Waals surface area contributed by atoms with Crippen LogP contribution in [0.25, 0.3) is 0 Å². The second-order valence-electron chi connectivity index (χ2n) is 6.04. The van der Waals surface area contributed by atoms with Gasteiger partial charge in [0.05, 0.1) is 18.8 Å². The third kappa shape index (κ3) is 3.76. The molecule has 0 aliphatic carbocycles. The maximum atomic E-state index is 12.2. The highest BCUT2D eigenvalue weighted by Gasteiger charge is 2.27. The van der Waals surface area contributed by atoms with E-state index in [1.165, 1.54) is 0 Å². The van der Waals surface area contributed by atoms with Crippen molar-refractivity contribution in [1.82, 2.24) is 24.8 Å². The van der Waals surface area contributed by atoms with E-state index >= 15 is 0 Å². The molecule has 1 aliphatic rings. The van der Waals surface area contributed by atoms with Crippen LogP contribution in [-0.2, 0) is 11.3 Å². The van der Waals surface area contributed by atoms with Gasteiger partial charge >= 0.3 is 0 Å². The standard InChI is InChI=1S/C15H22N6O2/c1-10-7-15(23-19-10)17-14(22)9-20-6-4-5-13(20)8-21-12(3)16-11(2)18-21/h7,13H,4-6,8-9H2,1-3H3,(H,17,22)/t13-/m0/s1. The van der Waals surface area contributed by atoms with E-state index in [1.54, 1.807) is 6.07 Å². The van der Waals surface area contributed by atoms with Crippen LogP contribution in [0.15, 0.2) is 10.6 Å². The predicted molar refractivity (Wildman–Crippen MR) is 84.0 cm³/mol. The van der Waals surface area contributed by atoms with Crippen molar-refractivity contribution in [2.24, 2.45) is 0 Å². The first-order chi connectivity index (χ1) is 11.0. The zero-order chi connectivity index (χ0) is 16.4. The molecule has 1 atom stereocenters. The van der Waals surface area contributed by atoms with Gasteiger partial charge in [0.25, 0.3) is 0 Å². The molecule has 2 aromatic heterocycles. The molecule has 1 N–H and O–H groups in total. The third-order valence-electron chi connectivity index (χ3n) is 4.08. The van der Waals surface area contributed by atoms with Crippen LogP contribution in [0.4, 0.5) is 5.88 Å². The summed E-state index contributed by atoms with van der Waals surface area (Å²) in [5.74, 6) is 2.01. The highest BCUT2D eigenvalue weighted by molar-refractivity contribution is 5.91. The number of hydrogen-bond acceptors (Lipinski definition) is 6. The zero-order valence-electron chi connectivity index (χ0n) is 13.7. The van der Waals surface area contributed by atoms with Gasteiger partial charge in [-0.1, -0.05) is 5.16 Å². The fourth-order valence-corrected chi connectivity index (χ4v) is 3.03. The fourth-order valence-electron chi connectivity index (χ4n) is 3.03. The van der Waals surface area contributed by atoms with Gasteiger partial charge in [-0.05, 0) is 40.2 Å². The van der Waals surface area contributed by atoms with Crippen LogP contribution in [0.5, 0.6) is 0 Å². The number of likely N-dealkylation sites (tertiary alicyclic amines) is 1. The van der Waals surface area contributed by atoms with Gasteiger partial charge in [-0.15, -0.1) is 0 Å². The molecule has 0 radical (unpaired) electrons. The van der Waals surface area contributed by atoms with Gasteiger partial charge in [-0.25, -0.2) is 9.67 Å². The lowest BCUT2D eigenvalue weighted by Gasteiger charge is -2.23. The van der Waals surface area contributed by atoms with E-state index in [9.17, 15) is 4.79 Å². The van der Waals surface area contributed by atoms with Gasteiger partial charge in [0, 0.05) is 12.1 Å². The topological polar surface area (TPSA) is 89.1 Å². The zero-order valence-corrected chi connectivity index (χ0v) is 13.7. The van der Waals surface area contributed by atoms with Crippen molar-refractivity contribution in [2.75, 3.05) is 18.4 Å². The number of amides is 1. The molecular formula is C15H22N6O2. The van der Waals surface area contributed by atoms with Crippen LogP contribution >= 0.6 is 0 Å². The van der Waals surface area contributed by atoms with Gasteiger partial charge < -0.3 is 4.52 Å². The van der Waals surface area contributed by atoms with Crippen LogP contribution in [-0.4, -0.2) is 49.9 Å². The lowest BCUT2D eigenvalue weighted by molar-refractivity contribution is -0.117. The first-order valence-electron chi connectivity index (χ1n) is 7.86. The van der Waals surface area contributed by atoms with Crippen LogP contribution in [0, 0.1) is 20.8 Å². The molecule has 0 aromatic carbocycles. The summed E-state index contributed by atoms with van der Waals surface area (Å²) in [5, 5.41) is 10.9. The second kappa shape index (κ2) is 6.49. The number of aryl methyl sites for hydroxylation is 3. The number of carbonyl (C=O) groups excluding carboxylic acids is 1. The minimum atomic E-state index is -0.0838. The lowest BCUT2D eigenvalue weighted by Crippen LogP contribution is -2.39. The van der Waals surface area contributed by atoms with E-state index in [1.807, 2.05) is 25.5 Å². The van der Waals surface area contributed by atoms with E-state index in [4.69, 9.17) is 4.52 Å². The molecule has 0 unspecified atom stereocenters. The molecule has 3 rings (SSSR count). The van der Waals surface area contributed by atoms with Crippen molar-refractivity contribution in [3.05, 3.63) is 23.4 Å². The molecule has 8 heteroatoms. The summed E-state index contributed by atoms with van der Waals surface area (Å²) in [7, 11) is 0. The molecule has 23 heavy (non-hydrogen) atoms. The van der Waals surface area contributed by atoms with Crippen molar-refractivity contribution in [1.29, 1.82) is 0 Å². The Morgan fingerprint density at radius 1 is 1.43 bits per heavy atom. The van der Waals surface area contributed by atoms with Crippen molar-refractivity contribution in [2.45, 2.75) is 46.2 Å². The predicted octanol–water partition coefficient (Wildman–Crippen LogP) is 1.29. The van der Waals surface area contributed by atoms with Crippen LogP contribution in [0.3, 0.4) is 0 Å². The van der Waals surface area contributed by atoms with E-state index < -0.39 is 0 Å². The molecule has 1 saturated heterocycles. The molecule has 2 aromatic rings. The molecule has 1 aliphatic heterocycles. The Balaban J connectivity index is 1.58. The Morgan fingerprint density at radius 2 is 2.26 bits per heavy atom. The lowest BCUT2D eigenvalue weighted by atomic mass is 10.2. The molecule has 3 heterocycles. The Hall–Kier alpha value is -2.22. The Morgan fingerprint density at radius 3 is 2.91 bits per heavy atom. The van der Waals surface area contributed by atoms with Crippen LogP contribution < -0.4 is 5.32 Å². The van der Waals surface area contributed by atoms with E-state index in [2.05, 4.69) is 25.5 Å². The fraction of sp³-hybridized carbons (Fsp3) is 0.600. The Kier molecular flexibility index (Phi) is 4.42. The van der Waals surface area contributed by atoms with E-state index in [-0.39, 0.29) is 5.91 Å². The Bertz CT molecular complexity index is 692. The van der Waals surface area contributed by atoms with Crippen molar-refractivity contribution in [3.8, 4) is 0 Å². The average molecular weight is 318 g/mol. The van der Waals surface area contributed by atoms with Gasteiger partial charge in [0.1, 0.15) is 11.6 Å². The maximum absolute atomic E-state index is 12.2. The van der Waals surface area contributed by atoms with Gasteiger partial charge in [-0.2, -0.15) is 5.10 Å². The molecule has 0 saturated carbocycles. The third-order valence-corrected chi connectivity index (χ3v) is 4.08. The van der Waals surface area contributed by atoms with E-state index in [0.717, 1.165) is 43.3 Å². The smallest absolute Gasteiger partial charge is 0.240 e. The summed E-state index contributed by atoms with van der Waals surface area (Å²) < 4.78 is 6.94. The monoisotopic (exact) mass is 318 g/mol. The second-order valence-corrected chi connectivity index (χ2v) is 6.04. The number of rotatable bonds is 5. The quantitative estimate of drug-likeness (QED) is 0.893. The van der Waals surface area contributed by atoms with E-state index in [0.29, 0.717) is 18.5 Å². The summed E-state index contributed by atoms with van der Waals surface area (Å²) in [6.07, 6.45) is 2.15. The highest BCUT2D eigenvalue weighted by Crippen LogP contribution is 2.19. The van der Waals surface area contributed by atoms with Crippen molar-refractivity contribution >= 4 is 11.8 Å². The summed E-state index contributed by atoms with van der Waals surface area (Å²) in [4.78, 5) is 18.7. The Labute approximate surface area is 134 Å². The molecule has 0 spiro atoms. The average Bonchev–Trinajstić information content (AvgIpc) is 3.15. The summed E-state index contributed by atoms with van der Waals surface area (Å²) >= 11 is 0. The number of hydrogen-bond donors (Lipinski definition) is 1. The molecule has 0 bridgehead atoms. The number of anilines is 1. The van der Waals surface area contributed by atoms with Gasteiger partial charge in [-0.3, -0.25) is 15.0 Å². The minimum Gasteiger partial charge on any atom is -0.338 e. The first-order valence-corrected chi connectivity index (χ1v) is 7.86. The maximum Gasteiger partial charge on any atom is 0.240 e. The first kappa shape index (κ1) is 15.7. The summed E-state index contributed by atoms with van der Waals surface area (Å²) in [6, 6.07) is 2.01. The SMILES string of the molecule is Cc1cc(NC(=O)CN2CCC[C@H]2Cn2nc(C)nc2C)on1. The summed E-state index contributed by atoms with van der Waals surface area (Å²) in [6.45, 7) is 7.69. The largest absolute Gasteiger partial charge is 0.338 e. The molecule has 8 nitrogen and oxygen atoms in total. The molecule has 1 amide bonds. The number of nitrogens with one attached hydrogen (secondary N) is 1.